The lowest BCUT2D eigenvalue weighted by atomic mass is 10.1. The van der Waals surface area contributed by atoms with Gasteiger partial charge in [-0.05, 0) is 24.0 Å². The van der Waals surface area contributed by atoms with Gasteiger partial charge >= 0.3 is 0 Å². The van der Waals surface area contributed by atoms with Gasteiger partial charge in [-0.15, -0.1) is 11.8 Å². The van der Waals surface area contributed by atoms with Crippen LogP contribution in [0.1, 0.15) is 5.56 Å². The number of ether oxygens (including phenoxy) is 1. The molecule has 2 heterocycles. The van der Waals surface area contributed by atoms with Crippen LogP contribution >= 0.6 is 11.8 Å². The molecule has 0 radical (unpaired) electrons. The molecule has 1 aromatic carbocycles. The molecule has 0 bridgehead atoms. The van der Waals surface area contributed by atoms with Crippen LogP contribution in [-0.2, 0) is 11.3 Å². The molecule has 19 heavy (non-hydrogen) atoms. The van der Waals surface area contributed by atoms with Crippen molar-refractivity contribution >= 4 is 11.8 Å². The van der Waals surface area contributed by atoms with Crippen LogP contribution in [0, 0.1) is 0 Å². The molecule has 0 aromatic heterocycles. The number of likely N-dealkylation sites (tertiary alicyclic amines) is 1. The number of hydrogen-bond acceptors (Lipinski definition) is 4. The molecular formula is C15H22N2OS. The summed E-state index contributed by atoms with van der Waals surface area (Å²) in [7, 11) is 0. The smallest absolute Gasteiger partial charge is 0.0594 e. The fourth-order valence-corrected chi connectivity index (χ4v) is 3.24. The molecule has 0 spiro atoms. The van der Waals surface area contributed by atoms with E-state index in [0.29, 0.717) is 0 Å². The van der Waals surface area contributed by atoms with Gasteiger partial charge in [0.2, 0.25) is 0 Å². The predicted molar refractivity (Wildman–Crippen MR) is 79.7 cm³/mol. The maximum absolute atomic E-state index is 5.41. The molecule has 2 aliphatic heterocycles. The lowest BCUT2D eigenvalue weighted by Crippen LogP contribution is -2.60. The highest BCUT2D eigenvalue weighted by Crippen LogP contribution is 2.20. The molecule has 1 aromatic rings. The molecule has 2 saturated heterocycles. The van der Waals surface area contributed by atoms with E-state index >= 15 is 0 Å². The molecule has 0 unspecified atom stereocenters. The Balaban J connectivity index is 1.45. The zero-order valence-corrected chi connectivity index (χ0v) is 12.4. The molecule has 0 atom stereocenters. The lowest BCUT2D eigenvalue weighted by Gasteiger charge is -2.46. The van der Waals surface area contributed by atoms with Gasteiger partial charge in [-0.2, -0.15) is 0 Å². The molecule has 0 N–H and O–H groups in total. The van der Waals surface area contributed by atoms with Gasteiger partial charge in [0.1, 0.15) is 0 Å². The standard InChI is InChI=1S/C15H22N2OS/c1-19-15-4-2-13(3-5-15)10-16-11-14(12-16)17-6-8-18-9-7-17/h2-5,14H,6-12H2,1H3. The molecule has 0 saturated carbocycles. The van der Waals surface area contributed by atoms with E-state index in [0.717, 1.165) is 38.9 Å². The van der Waals surface area contributed by atoms with Crippen molar-refractivity contribution in [3.05, 3.63) is 29.8 Å². The van der Waals surface area contributed by atoms with E-state index in [9.17, 15) is 0 Å². The van der Waals surface area contributed by atoms with Gasteiger partial charge in [-0.1, -0.05) is 12.1 Å². The summed E-state index contributed by atoms with van der Waals surface area (Å²) in [5.74, 6) is 0. The van der Waals surface area contributed by atoms with E-state index in [1.165, 1.54) is 23.5 Å². The Morgan fingerprint density at radius 2 is 1.84 bits per heavy atom. The first-order valence-electron chi connectivity index (χ1n) is 7.02. The van der Waals surface area contributed by atoms with Crippen molar-refractivity contribution in [1.29, 1.82) is 0 Å². The number of benzene rings is 1. The van der Waals surface area contributed by atoms with Crippen molar-refractivity contribution in [3.63, 3.8) is 0 Å². The van der Waals surface area contributed by atoms with E-state index in [4.69, 9.17) is 4.74 Å². The van der Waals surface area contributed by atoms with E-state index in [2.05, 4.69) is 40.3 Å². The first kappa shape index (κ1) is 13.4. The zero-order valence-electron chi connectivity index (χ0n) is 11.5. The van der Waals surface area contributed by atoms with E-state index < -0.39 is 0 Å². The van der Waals surface area contributed by atoms with E-state index in [1.807, 2.05) is 0 Å². The molecule has 4 heteroatoms. The Hall–Kier alpha value is -0.550. The van der Waals surface area contributed by atoms with Gasteiger partial charge in [0.05, 0.1) is 13.2 Å². The first-order valence-corrected chi connectivity index (χ1v) is 8.25. The number of nitrogens with zero attached hydrogens (tertiary/aromatic N) is 2. The van der Waals surface area contributed by atoms with Crippen molar-refractivity contribution in [2.75, 3.05) is 45.6 Å². The number of morpholine rings is 1. The summed E-state index contributed by atoms with van der Waals surface area (Å²) in [5, 5.41) is 0. The third-order valence-corrected chi connectivity index (χ3v) is 4.81. The summed E-state index contributed by atoms with van der Waals surface area (Å²) < 4.78 is 5.41. The second kappa shape index (κ2) is 6.27. The average molecular weight is 278 g/mol. The normalized spacial score (nSPS) is 22.4. The summed E-state index contributed by atoms with van der Waals surface area (Å²) in [4.78, 5) is 6.46. The molecular weight excluding hydrogens is 256 g/mol. The first-order chi connectivity index (χ1) is 9.35. The van der Waals surface area contributed by atoms with Crippen LogP contribution in [-0.4, -0.2) is 61.5 Å². The van der Waals surface area contributed by atoms with Gasteiger partial charge in [-0.3, -0.25) is 9.80 Å². The Labute approximate surface area is 119 Å². The zero-order chi connectivity index (χ0) is 13.1. The Kier molecular flexibility index (Phi) is 4.43. The molecule has 2 fully saturated rings. The SMILES string of the molecule is CSc1ccc(CN2CC(N3CCOCC3)C2)cc1. The van der Waals surface area contributed by atoms with Crippen molar-refractivity contribution in [3.8, 4) is 0 Å². The Morgan fingerprint density at radius 3 is 2.47 bits per heavy atom. The molecule has 3 nitrogen and oxygen atoms in total. The number of rotatable bonds is 4. The topological polar surface area (TPSA) is 15.7 Å². The minimum Gasteiger partial charge on any atom is -0.379 e. The predicted octanol–water partition coefficient (Wildman–Crippen LogP) is 1.92. The number of thioether (sulfide) groups is 1. The second-order valence-electron chi connectivity index (χ2n) is 5.34. The van der Waals surface area contributed by atoms with Gasteiger partial charge < -0.3 is 4.74 Å². The van der Waals surface area contributed by atoms with Crippen molar-refractivity contribution < 1.29 is 4.74 Å². The van der Waals surface area contributed by atoms with Crippen LogP contribution in [0.25, 0.3) is 0 Å². The fraction of sp³-hybridized carbons (Fsp3) is 0.600. The van der Waals surface area contributed by atoms with Gasteiger partial charge in [0.15, 0.2) is 0 Å². The highest BCUT2D eigenvalue weighted by atomic mass is 32.2. The maximum Gasteiger partial charge on any atom is 0.0594 e. The highest BCUT2D eigenvalue weighted by Gasteiger charge is 2.32. The monoisotopic (exact) mass is 278 g/mol. The van der Waals surface area contributed by atoms with Crippen molar-refractivity contribution in [2.24, 2.45) is 0 Å². The van der Waals surface area contributed by atoms with Crippen LogP contribution in [0.2, 0.25) is 0 Å². The molecule has 104 valence electrons. The van der Waals surface area contributed by atoms with Crippen LogP contribution < -0.4 is 0 Å². The summed E-state index contributed by atoms with van der Waals surface area (Å²) in [5.41, 5.74) is 1.43. The van der Waals surface area contributed by atoms with Crippen LogP contribution in [0.5, 0.6) is 0 Å². The van der Waals surface area contributed by atoms with Gasteiger partial charge in [-0.25, -0.2) is 0 Å². The summed E-state index contributed by atoms with van der Waals surface area (Å²) >= 11 is 1.80. The van der Waals surface area contributed by atoms with Crippen LogP contribution in [0.3, 0.4) is 0 Å². The van der Waals surface area contributed by atoms with E-state index in [1.54, 1.807) is 11.8 Å². The quantitative estimate of drug-likeness (QED) is 0.782. The second-order valence-corrected chi connectivity index (χ2v) is 6.22. The highest BCUT2D eigenvalue weighted by molar-refractivity contribution is 7.98. The minimum absolute atomic E-state index is 0.759. The summed E-state index contributed by atoms with van der Waals surface area (Å²) in [6.07, 6.45) is 2.12. The summed E-state index contributed by atoms with van der Waals surface area (Å²) in [6.45, 7) is 7.56. The third-order valence-electron chi connectivity index (χ3n) is 4.07. The lowest BCUT2D eigenvalue weighted by molar-refractivity contribution is -0.0344. The molecule has 0 amide bonds. The molecule has 3 rings (SSSR count). The number of hydrogen-bond donors (Lipinski definition) is 0. The average Bonchev–Trinajstić information content (AvgIpc) is 2.44. The van der Waals surface area contributed by atoms with Crippen molar-refractivity contribution in [2.45, 2.75) is 17.5 Å². The third kappa shape index (κ3) is 3.31. The minimum atomic E-state index is 0.759. The Morgan fingerprint density at radius 1 is 1.16 bits per heavy atom. The fourth-order valence-electron chi connectivity index (χ4n) is 2.83. The van der Waals surface area contributed by atoms with Gasteiger partial charge in [0, 0.05) is 43.7 Å². The van der Waals surface area contributed by atoms with E-state index in [-0.39, 0.29) is 0 Å². The van der Waals surface area contributed by atoms with Crippen LogP contribution in [0.15, 0.2) is 29.2 Å². The summed E-state index contributed by atoms with van der Waals surface area (Å²) in [6, 6.07) is 9.72. The van der Waals surface area contributed by atoms with Crippen molar-refractivity contribution in [1.82, 2.24) is 9.80 Å². The van der Waals surface area contributed by atoms with Crippen LogP contribution in [0.4, 0.5) is 0 Å². The maximum atomic E-state index is 5.41. The molecule has 0 aliphatic carbocycles. The molecule has 2 aliphatic rings. The largest absolute Gasteiger partial charge is 0.379 e. The Bertz CT molecular complexity index is 397. The van der Waals surface area contributed by atoms with Gasteiger partial charge in [0.25, 0.3) is 0 Å².